The van der Waals surface area contributed by atoms with Gasteiger partial charge in [-0.15, -0.1) is 0 Å². The Morgan fingerprint density at radius 3 is 0.832 bits per heavy atom. The fourth-order valence-electron chi connectivity index (χ4n) is 16.2. The molecule has 0 fully saturated rings. The highest BCUT2D eigenvalue weighted by Crippen LogP contribution is 2.23. The maximum absolute atomic E-state index is 14.0. The van der Waals surface area contributed by atoms with Gasteiger partial charge in [0.05, 0.1) is 26.3 Å². The Bertz CT molecular complexity index is 2400. The summed E-state index contributed by atoms with van der Waals surface area (Å²) in [5.41, 5.74) is -0.587. The van der Waals surface area contributed by atoms with E-state index in [1.807, 2.05) is 4.90 Å². The number of ether oxygens (including phenoxy) is 4. The van der Waals surface area contributed by atoms with Crippen molar-refractivity contribution in [1.82, 2.24) is 25.3 Å². The lowest BCUT2D eigenvalue weighted by atomic mass is 10.0. The number of hydrogen-bond donors (Lipinski definition) is 4. The van der Waals surface area contributed by atoms with Crippen LogP contribution in [0.15, 0.2) is 9.59 Å². The zero-order chi connectivity index (χ0) is 86.6. The van der Waals surface area contributed by atoms with E-state index in [0.29, 0.717) is 84.6 Å². The Hall–Kier alpha value is -4.62. The average Bonchev–Trinajstić information content (AvgIpc) is 0.788. The van der Waals surface area contributed by atoms with Crippen LogP contribution in [0.4, 0.5) is 11.4 Å². The summed E-state index contributed by atoms with van der Waals surface area (Å²) in [6, 6.07) is 0. The minimum atomic E-state index is -0.559. The Morgan fingerprint density at radius 1 is 0.269 bits per heavy atom. The molecule has 0 aliphatic heterocycles. The van der Waals surface area contributed by atoms with E-state index in [-0.39, 0.29) is 72.4 Å². The smallest absolute Gasteiger partial charge is 0.306 e. The molecule has 696 valence electrons. The van der Waals surface area contributed by atoms with Gasteiger partial charge in [-0.05, 0) is 148 Å². The highest BCUT2D eigenvalue weighted by atomic mass is 16.6. The van der Waals surface area contributed by atoms with E-state index in [9.17, 15) is 38.4 Å². The van der Waals surface area contributed by atoms with Crippen molar-refractivity contribution in [3.63, 3.8) is 0 Å². The number of hydrogen-bond acceptors (Lipinski definition) is 17. The monoisotopic (exact) mass is 1680 g/mol. The number of amides is 2. The molecule has 0 spiro atoms. The molecule has 0 atom stereocenters. The highest BCUT2D eigenvalue weighted by Gasteiger charge is 2.22. The van der Waals surface area contributed by atoms with E-state index in [1.165, 1.54) is 218 Å². The molecule has 0 aromatic heterocycles. The van der Waals surface area contributed by atoms with E-state index >= 15 is 0 Å². The second kappa shape index (κ2) is 85.5. The first kappa shape index (κ1) is 112. The number of nitrogens with zero attached hydrogens (tertiary/aromatic N) is 3. The lowest BCUT2D eigenvalue weighted by Crippen LogP contribution is -2.46. The van der Waals surface area contributed by atoms with Gasteiger partial charge in [-0.3, -0.25) is 43.3 Å². The summed E-state index contributed by atoms with van der Waals surface area (Å²) in [7, 11) is 1.61. The summed E-state index contributed by atoms with van der Waals surface area (Å²) < 4.78 is 23.6. The molecular weight excluding hydrogens is 1490 g/mol. The molecule has 1 aromatic rings. The van der Waals surface area contributed by atoms with Crippen LogP contribution < -0.4 is 32.1 Å². The number of anilines is 2. The van der Waals surface area contributed by atoms with Crippen LogP contribution in [0, 0.1) is 0 Å². The van der Waals surface area contributed by atoms with Gasteiger partial charge in [0.1, 0.15) is 23.6 Å². The molecule has 4 N–H and O–H groups in total. The average molecular weight is 1680 g/mol. The van der Waals surface area contributed by atoms with Crippen molar-refractivity contribution in [1.29, 1.82) is 0 Å². The van der Waals surface area contributed by atoms with Crippen LogP contribution in [0.5, 0.6) is 0 Å². The summed E-state index contributed by atoms with van der Waals surface area (Å²) in [5, 5.41) is 12.3. The predicted molar refractivity (Wildman–Crippen MR) is 500 cm³/mol. The molecular formula is C100H189N7O12. The number of carbonyl (C=O) groups excluding carboxylic acids is 6. The molecule has 19 heteroatoms. The van der Waals surface area contributed by atoms with Crippen LogP contribution in [0.3, 0.4) is 0 Å². The van der Waals surface area contributed by atoms with Gasteiger partial charge in [0.15, 0.2) is 0 Å². The molecule has 0 aliphatic rings. The van der Waals surface area contributed by atoms with Gasteiger partial charge in [0.25, 0.3) is 10.9 Å². The number of rotatable bonds is 94. The molecule has 0 heterocycles. The van der Waals surface area contributed by atoms with Gasteiger partial charge >= 0.3 is 23.9 Å². The first-order chi connectivity index (χ1) is 58.2. The highest BCUT2D eigenvalue weighted by molar-refractivity contribution is 5.81. The van der Waals surface area contributed by atoms with Gasteiger partial charge in [0.2, 0.25) is 11.8 Å². The van der Waals surface area contributed by atoms with E-state index in [1.54, 1.807) is 7.05 Å². The van der Waals surface area contributed by atoms with E-state index in [4.69, 9.17) is 18.9 Å². The van der Waals surface area contributed by atoms with Crippen molar-refractivity contribution in [2.75, 3.05) is 109 Å². The summed E-state index contributed by atoms with van der Waals surface area (Å²) in [5.74, 6) is -0.710. The standard InChI is InChI=1S/C100H189N7O12/c1-8-14-20-26-32-34-36-48-64-85-116-93(110)71-58-50-62-80-105(78-60-46-38-44-56-73-95(112)118-89(67-52-40-28-22-16-10-3)68-53-41-29-23-17-11-4)83-76-102-91(108)87-107(82-66-75-104-98-97(101-7)99(114)100(98)115)88-92(109)103-77-84-106(81-63-51-59-72-94(111)117-86-65-49-37-35-33-27-21-15-9-2)79-61-47-39-45-57-74-96(113)119-90(69-54-42-30-24-18-12-5)70-55-43-31-25-19-13-6/h89-90,101,104H,8-88H2,1-7H3,(H,102,108)(H,103,109). The first-order valence-corrected chi connectivity index (χ1v) is 50.9. The fraction of sp³-hybridized carbons (Fsp3) is 0.900. The number of unbranched alkanes of at least 4 members (excludes halogenated alkanes) is 48. The molecule has 19 nitrogen and oxygen atoms in total. The largest absolute Gasteiger partial charge is 0.466 e. The van der Waals surface area contributed by atoms with E-state index in [2.05, 4.69) is 72.6 Å². The summed E-state index contributed by atoms with van der Waals surface area (Å²) in [6.07, 6.45) is 72.6. The van der Waals surface area contributed by atoms with Crippen LogP contribution in [0.25, 0.3) is 0 Å². The van der Waals surface area contributed by atoms with Crippen molar-refractivity contribution >= 4 is 47.1 Å². The predicted octanol–water partition coefficient (Wildman–Crippen LogP) is 24.0. The zero-order valence-electron chi connectivity index (χ0n) is 78.7. The minimum Gasteiger partial charge on any atom is -0.466 e. The summed E-state index contributed by atoms with van der Waals surface area (Å²) in [6.45, 7) is 20.8. The molecule has 0 saturated heterocycles. The second-order valence-corrected chi connectivity index (χ2v) is 35.2. The van der Waals surface area contributed by atoms with Crippen molar-refractivity contribution in [2.24, 2.45) is 0 Å². The molecule has 0 aliphatic carbocycles. The third-order valence-electron chi connectivity index (χ3n) is 23.9. The minimum absolute atomic E-state index is 0.00386. The topological polar surface area (TPSA) is 231 Å². The normalized spacial score (nSPS) is 11.7. The molecule has 0 unspecified atom stereocenters. The summed E-state index contributed by atoms with van der Waals surface area (Å²) in [4.78, 5) is 111. The molecule has 1 aromatic carbocycles. The van der Waals surface area contributed by atoms with Gasteiger partial charge < -0.3 is 50.0 Å². The van der Waals surface area contributed by atoms with Crippen molar-refractivity contribution < 1.29 is 47.7 Å². The quantitative estimate of drug-likeness (QED) is 0.0206. The molecule has 1 rings (SSSR count). The lowest BCUT2D eigenvalue weighted by molar-refractivity contribution is -0.151. The molecule has 0 saturated carbocycles. The van der Waals surface area contributed by atoms with Crippen molar-refractivity contribution in [3.05, 3.63) is 20.4 Å². The number of esters is 4. The number of nitrogens with one attached hydrogen (secondary N) is 4. The maximum atomic E-state index is 14.0. The van der Waals surface area contributed by atoms with Crippen LogP contribution in [-0.2, 0) is 47.7 Å². The van der Waals surface area contributed by atoms with Crippen molar-refractivity contribution in [3.8, 4) is 0 Å². The van der Waals surface area contributed by atoms with Crippen molar-refractivity contribution in [2.45, 2.75) is 484 Å². The molecule has 119 heavy (non-hydrogen) atoms. The third-order valence-corrected chi connectivity index (χ3v) is 23.9. The van der Waals surface area contributed by atoms with Gasteiger partial charge in [0, 0.05) is 72.0 Å². The fourth-order valence-corrected chi connectivity index (χ4v) is 16.2. The van der Waals surface area contributed by atoms with E-state index < -0.39 is 10.9 Å². The molecule has 0 bridgehead atoms. The van der Waals surface area contributed by atoms with Gasteiger partial charge in [-0.2, -0.15) is 0 Å². The zero-order valence-corrected chi connectivity index (χ0v) is 78.7. The van der Waals surface area contributed by atoms with Gasteiger partial charge in [-0.25, -0.2) is 0 Å². The Morgan fingerprint density at radius 2 is 0.521 bits per heavy atom. The Balaban J connectivity index is 3.10. The number of carbonyl (C=O) groups is 6. The van der Waals surface area contributed by atoms with E-state index in [0.717, 1.165) is 206 Å². The first-order valence-electron chi connectivity index (χ1n) is 50.9. The Labute approximate surface area is 730 Å². The third kappa shape index (κ3) is 71.4. The SMILES string of the molecule is CCCCCCCCCCCOC(=O)CCCCCN(CCCCCCCC(=O)OC(CCCCCCCC)CCCCCCCC)CCNC(=O)CN(CCCNc1c(NC)c(=O)c1=O)CC(=O)NCCN(CCCCCCCC(=O)OC(CCCCCCCC)CCCCCCCC)CCCCCC(=O)OCCCCCCCCCCC. The van der Waals surface area contributed by atoms with Crippen LogP contribution >= 0.6 is 0 Å². The maximum Gasteiger partial charge on any atom is 0.306 e. The van der Waals surface area contributed by atoms with Crippen LogP contribution in [0.2, 0.25) is 0 Å². The second-order valence-electron chi connectivity index (χ2n) is 35.2. The van der Waals surface area contributed by atoms with Crippen LogP contribution in [-0.4, -0.2) is 161 Å². The van der Waals surface area contributed by atoms with Crippen LogP contribution in [0.1, 0.15) is 472 Å². The molecule has 2 amide bonds. The lowest BCUT2D eigenvalue weighted by Gasteiger charge is -2.25. The summed E-state index contributed by atoms with van der Waals surface area (Å²) >= 11 is 0. The Kier molecular flexibility index (Phi) is 80.8. The molecule has 0 radical (unpaired) electrons. The van der Waals surface area contributed by atoms with Gasteiger partial charge in [-0.1, -0.05) is 324 Å².